The number of aromatic nitrogens is 4. The highest BCUT2D eigenvalue weighted by Crippen LogP contribution is 2.22. The van der Waals surface area contributed by atoms with E-state index in [4.69, 9.17) is 0 Å². The molecule has 0 fully saturated rings. The van der Waals surface area contributed by atoms with Gasteiger partial charge in [0.2, 0.25) is 5.16 Å². The quantitative estimate of drug-likeness (QED) is 0.680. The fraction of sp³-hybridized carbons (Fsp3) is 0.0833. The molecular weight excluding hydrogens is 312 g/mol. The Morgan fingerprint density at radius 3 is 2.67 bits per heavy atom. The van der Waals surface area contributed by atoms with E-state index >= 15 is 0 Å². The number of fused-ring (bicyclic) bond motifs is 1. The molecule has 0 spiro atoms. The summed E-state index contributed by atoms with van der Waals surface area (Å²) in [6.45, 7) is 0. The van der Waals surface area contributed by atoms with Gasteiger partial charge in [0.1, 0.15) is 0 Å². The molecule has 90 valence electrons. The van der Waals surface area contributed by atoms with Crippen LogP contribution in [0.1, 0.15) is 0 Å². The third-order valence-corrected chi connectivity index (χ3v) is 3.61. The van der Waals surface area contributed by atoms with Crippen LogP contribution in [-0.4, -0.2) is 25.8 Å². The van der Waals surface area contributed by atoms with Crippen molar-refractivity contribution in [3.05, 3.63) is 41.0 Å². The maximum Gasteiger partial charge on any atom is 0.253 e. The van der Waals surface area contributed by atoms with E-state index in [9.17, 15) is 0 Å². The van der Waals surface area contributed by atoms with Crippen LogP contribution >= 0.6 is 27.7 Å². The van der Waals surface area contributed by atoms with Crippen LogP contribution in [0.2, 0.25) is 0 Å². The van der Waals surface area contributed by atoms with E-state index in [0.717, 1.165) is 20.9 Å². The number of hydrogen-bond donors (Lipinski definition) is 0. The number of halogens is 1. The minimum atomic E-state index is 0.625. The molecule has 0 unspecified atom stereocenters. The van der Waals surface area contributed by atoms with Crippen molar-refractivity contribution in [2.45, 2.75) is 5.16 Å². The molecule has 0 radical (unpaired) electrons. The first-order valence-electron chi connectivity index (χ1n) is 5.29. The number of nitrogens with zero attached hydrogens (tertiary/aromatic N) is 4. The van der Waals surface area contributed by atoms with E-state index in [1.165, 1.54) is 11.8 Å². The molecule has 0 saturated carbocycles. The van der Waals surface area contributed by atoms with Crippen LogP contribution in [0, 0.1) is 0 Å². The summed E-state index contributed by atoms with van der Waals surface area (Å²) < 4.78 is 2.83. The summed E-state index contributed by atoms with van der Waals surface area (Å²) in [5.74, 6) is 0.625. The third kappa shape index (κ3) is 2.02. The summed E-state index contributed by atoms with van der Waals surface area (Å²) in [4.78, 5) is 8.55. The standard InChI is InChI=1S/C12H9BrN4S/c1-18-12-15-11-14-7-6-10(17(11)16-12)8-2-4-9(13)5-3-8/h2-7H,1H3. The lowest BCUT2D eigenvalue weighted by Crippen LogP contribution is -1.95. The lowest BCUT2D eigenvalue weighted by Gasteiger charge is -2.03. The molecular formula is C12H9BrN4S. The Morgan fingerprint density at radius 2 is 1.94 bits per heavy atom. The molecule has 2 aromatic heterocycles. The lowest BCUT2D eigenvalue weighted by molar-refractivity contribution is 0.887. The SMILES string of the molecule is CSc1nc2nccc(-c3ccc(Br)cc3)n2n1. The summed E-state index contributed by atoms with van der Waals surface area (Å²) in [6.07, 6.45) is 3.71. The molecule has 6 heteroatoms. The zero-order valence-electron chi connectivity index (χ0n) is 9.54. The van der Waals surface area contributed by atoms with E-state index in [1.807, 2.05) is 36.6 Å². The highest BCUT2D eigenvalue weighted by molar-refractivity contribution is 9.10. The highest BCUT2D eigenvalue weighted by Gasteiger charge is 2.08. The minimum absolute atomic E-state index is 0.625. The molecule has 0 aliphatic rings. The first kappa shape index (κ1) is 11.7. The predicted octanol–water partition coefficient (Wildman–Crippen LogP) is 3.28. The Morgan fingerprint density at radius 1 is 1.17 bits per heavy atom. The molecule has 0 saturated heterocycles. The molecule has 0 aliphatic carbocycles. The van der Waals surface area contributed by atoms with E-state index in [1.54, 1.807) is 10.7 Å². The minimum Gasteiger partial charge on any atom is -0.220 e. The van der Waals surface area contributed by atoms with Crippen molar-refractivity contribution in [3.63, 3.8) is 0 Å². The molecule has 0 aliphatic heterocycles. The van der Waals surface area contributed by atoms with Gasteiger partial charge in [0, 0.05) is 16.2 Å². The fourth-order valence-electron chi connectivity index (χ4n) is 1.70. The van der Waals surface area contributed by atoms with Crippen molar-refractivity contribution in [1.82, 2.24) is 19.6 Å². The molecule has 4 nitrogen and oxygen atoms in total. The van der Waals surface area contributed by atoms with E-state index in [0.29, 0.717) is 5.78 Å². The van der Waals surface area contributed by atoms with Gasteiger partial charge in [-0.1, -0.05) is 39.8 Å². The van der Waals surface area contributed by atoms with Gasteiger partial charge in [-0.05, 0) is 24.5 Å². The second-order valence-corrected chi connectivity index (χ2v) is 5.34. The van der Waals surface area contributed by atoms with E-state index < -0.39 is 0 Å². The van der Waals surface area contributed by atoms with Crippen LogP contribution in [-0.2, 0) is 0 Å². The first-order chi connectivity index (χ1) is 8.78. The van der Waals surface area contributed by atoms with E-state index in [2.05, 4.69) is 31.0 Å². The smallest absolute Gasteiger partial charge is 0.220 e. The maximum atomic E-state index is 4.42. The topological polar surface area (TPSA) is 43.1 Å². The first-order valence-corrected chi connectivity index (χ1v) is 7.31. The van der Waals surface area contributed by atoms with Crippen molar-refractivity contribution >= 4 is 33.5 Å². The lowest BCUT2D eigenvalue weighted by atomic mass is 10.1. The Kier molecular flexibility index (Phi) is 3.05. The van der Waals surface area contributed by atoms with Gasteiger partial charge in [-0.25, -0.2) is 4.98 Å². The molecule has 0 bridgehead atoms. The third-order valence-electron chi connectivity index (χ3n) is 2.54. The molecule has 0 atom stereocenters. The number of benzene rings is 1. The molecule has 1 aromatic carbocycles. The Labute approximate surface area is 117 Å². The zero-order chi connectivity index (χ0) is 12.5. The molecule has 18 heavy (non-hydrogen) atoms. The predicted molar refractivity (Wildman–Crippen MR) is 75.7 cm³/mol. The summed E-state index contributed by atoms with van der Waals surface area (Å²) in [5, 5.41) is 5.15. The van der Waals surface area contributed by atoms with Crippen LogP contribution in [0.3, 0.4) is 0 Å². The van der Waals surface area contributed by atoms with Gasteiger partial charge < -0.3 is 0 Å². The van der Waals surface area contributed by atoms with Crippen molar-refractivity contribution in [3.8, 4) is 11.3 Å². The Balaban J connectivity index is 2.22. The maximum absolute atomic E-state index is 4.42. The normalized spacial score (nSPS) is 11.0. The average Bonchev–Trinajstić information content (AvgIpc) is 2.82. The second-order valence-electron chi connectivity index (χ2n) is 3.65. The van der Waals surface area contributed by atoms with Gasteiger partial charge in [-0.2, -0.15) is 9.50 Å². The molecule has 3 aromatic rings. The monoisotopic (exact) mass is 320 g/mol. The molecule has 2 heterocycles. The van der Waals surface area contributed by atoms with Gasteiger partial charge in [0.25, 0.3) is 5.78 Å². The van der Waals surface area contributed by atoms with Gasteiger partial charge in [0.05, 0.1) is 5.69 Å². The number of hydrogen-bond acceptors (Lipinski definition) is 4. The van der Waals surface area contributed by atoms with Crippen molar-refractivity contribution < 1.29 is 0 Å². The summed E-state index contributed by atoms with van der Waals surface area (Å²) in [5.41, 5.74) is 2.07. The Bertz CT molecular complexity index is 693. The van der Waals surface area contributed by atoms with Gasteiger partial charge >= 0.3 is 0 Å². The van der Waals surface area contributed by atoms with Gasteiger partial charge in [-0.15, -0.1) is 5.10 Å². The van der Waals surface area contributed by atoms with Gasteiger partial charge in [0.15, 0.2) is 0 Å². The van der Waals surface area contributed by atoms with Crippen molar-refractivity contribution in [1.29, 1.82) is 0 Å². The molecule has 3 rings (SSSR count). The van der Waals surface area contributed by atoms with E-state index in [-0.39, 0.29) is 0 Å². The van der Waals surface area contributed by atoms with Crippen LogP contribution in [0.5, 0.6) is 0 Å². The molecule has 0 amide bonds. The highest BCUT2D eigenvalue weighted by atomic mass is 79.9. The van der Waals surface area contributed by atoms with Crippen LogP contribution < -0.4 is 0 Å². The molecule has 0 N–H and O–H groups in total. The summed E-state index contributed by atoms with van der Waals surface area (Å²) >= 11 is 4.94. The van der Waals surface area contributed by atoms with Gasteiger partial charge in [-0.3, -0.25) is 0 Å². The zero-order valence-corrected chi connectivity index (χ0v) is 11.9. The second kappa shape index (κ2) is 4.70. The van der Waals surface area contributed by atoms with Crippen LogP contribution in [0.25, 0.3) is 17.0 Å². The summed E-state index contributed by atoms with van der Waals surface area (Å²) in [7, 11) is 0. The van der Waals surface area contributed by atoms with Crippen LogP contribution in [0.15, 0.2) is 46.2 Å². The fourth-order valence-corrected chi connectivity index (χ4v) is 2.30. The van der Waals surface area contributed by atoms with Crippen LogP contribution in [0.4, 0.5) is 0 Å². The van der Waals surface area contributed by atoms with Crippen molar-refractivity contribution in [2.24, 2.45) is 0 Å². The number of rotatable bonds is 2. The summed E-state index contributed by atoms with van der Waals surface area (Å²) in [6, 6.07) is 10.0. The van der Waals surface area contributed by atoms with Crippen molar-refractivity contribution in [2.75, 3.05) is 6.26 Å². The Hall–Kier alpha value is -1.40. The average molecular weight is 321 g/mol. The largest absolute Gasteiger partial charge is 0.253 e. The number of thioether (sulfide) groups is 1.